The van der Waals surface area contributed by atoms with Crippen molar-refractivity contribution in [1.82, 2.24) is 11.0 Å². The minimum atomic E-state index is -4.58. The smallest absolute Gasteiger partial charge is 0.305 e. The Morgan fingerprint density at radius 1 is 0.870 bits per heavy atom. The van der Waals surface area contributed by atoms with Gasteiger partial charge in [-0.25, -0.2) is 11.0 Å². The highest BCUT2D eigenvalue weighted by molar-refractivity contribution is 7.80. The zero-order valence-corrected chi connectivity index (χ0v) is 15.0. The van der Waals surface area contributed by atoms with Crippen LogP contribution in [0.2, 0.25) is 0 Å². The summed E-state index contributed by atoms with van der Waals surface area (Å²) >= 11 is 11.9. The van der Waals surface area contributed by atoms with Gasteiger partial charge in [0, 0.05) is 12.8 Å². The molecule has 2 amide bonds. The Hall–Kier alpha value is -0.180. The topological polar surface area (TPSA) is 129 Å². The van der Waals surface area contributed by atoms with Crippen LogP contribution in [0.15, 0.2) is 0 Å². The average Bonchev–Trinajstić information content (AvgIpc) is 2.48. The minimum Gasteiger partial charge on any atom is -0.305 e. The molecule has 2 aliphatic heterocycles. The van der Waals surface area contributed by atoms with Gasteiger partial charge in [0.1, 0.15) is 0 Å². The van der Waals surface area contributed by atoms with E-state index in [9.17, 15) is 18.7 Å². The molecule has 10 nitrogen and oxygen atoms in total. The van der Waals surface area contributed by atoms with E-state index >= 15 is 0 Å². The van der Waals surface area contributed by atoms with Gasteiger partial charge in [-0.15, -0.1) is 0 Å². The standard InChI is InChI=1S/C9H14Cl2N2O8P2/c10-9(11,22(16)18-5-1-3-7(14)12-20-22)23(17)19-6-2-4-8(15)13-21-23/h1-6H2,(H,12,14)(H,13,15). The summed E-state index contributed by atoms with van der Waals surface area (Å²) in [5.41, 5.74) is 3.72. The van der Waals surface area contributed by atoms with Crippen molar-refractivity contribution in [2.45, 2.75) is 29.5 Å². The molecule has 2 rings (SSSR count). The van der Waals surface area contributed by atoms with Crippen molar-refractivity contribution in [3.8, 4) is 0 Å². The second kappa shape index (κ2) is 7.37. The maximum atomic E-state index is 12.8. The van der Waals surface area contributed by atoms with Crippen LogP contribution in [-0.2, 0) is 37.0 Å². The summed E-state index contributed by atoms with van der Waals surface area (Å²) in [5, 5.41) is 0. The fourth-order valence-corrected chi connectivity index (χ4v) is 6.24. The van der Waals surface area contributed by atoms with E-state index in [1.165, 1.54) is 0 Å². The number of amides is 2. The highest BCUT2D eigenvalue weighted by Gasteiger charge is 2.66. The average molecular weight is 411 g/mol. The molecule has 0 bridgehead atoms. The van der Waals surface area contributed by atoms with Crippen LogP contribution in [0.25, 0.3) is 0 Å². The first-order valence-corrected chi connectivity index (χ1v) is 10.4. The molecule has 14 heteroatoms. The van der Waals surface area contributed by atoms with Crippen molar-refractivity contribution in [3.63, 3.8) is 0 Å². The summed E-state index contributed by atoms with van der Waals surface area (Å²) in [6.07, 6.45) is 0.564. The molecule has 2 N–H and O–H groups in total. The zero-order valence-electron chi connectivity index (χ0n) is 11.7. The fraction of sp³-hybridized carbons (Fsp3) is 0.778. The molecule has 2 heterocycles. The Bertz CT molecular complexity index is 538. The Morgan fingerprint density at radius 2 is 1.26 bits per heavy atom. The summed E-state index contributed by atoms with van der Waals surface area (Å²) < 4.78 is 42.2. The second-order valence-corrected chi connectivity index (χ2v) is 11.6. The van der Waals surface area contributed by atoms with Gasteiger partial charge in [0.05, 0.1) is 13.2 Å². The van der Waals surface area contributed by atoms with Gasteiger partial charge in [0.15, 0.2) is 0 Å². The molecule has 0 saturated carbocycles. The largest absolute Gasteiger partial charge is 0.400 e. The SMILES string of the molecule is O=C1CCCOP(=O)(C(Cl)(Cl)P2(=O)OCCCC(=O)NO2)ON1. The van der Waals surface area contributed by atoms with Gasteiger partial charge in [-0.05, 0) is 12.8 Å². The molecular formula is C9H14Cl2N2O8P2. The third-order valence-corrected chi connectivity index (χ3v) is 9.82. The lowest BCUT2D eigenvalue weighted by molar-refractivity contribution is -0.129. The molecule has 0 aliphatic carbocycles. The molecule has 0 spiro atoms. The lowest BCUT2D eigenvalue weighted by Crippen LogP contribution is -2.34. The zero-order chi connectivity index (χ0) is 17.1. The number of carbonyl (C=O) groups excluding carboxylic acids is 2. The predicted octanol–water partition coefficient (Wildman–Crippen LogP) is 2.18. The van der Waals surface area contributed by atoms with E-state index < -0.39 is 30.8 Å². The van der Waals surface area contributed by atoms with Crippen LogP contribution in [0.4, 0.5) is 0 Å². The van der Waals surface area contributed by atoms with E-state index in [2.05, 4.69) is 9.25 Å². The number of hydrogen-bond acceptors (Lipinski definition) is 8. The van der Waals surface area contributed by atoms with Crippen molar-refractivity contribution < 1.29 is 37.0 Å². The Morgan fingerprint density at radius 3 is 1.65 bits per heavy atom. The van der Waals surface area contributed by atoms with Crippen molar-refractivity contribution in [3.05, 3.63) is 0 Å². The Kier molecular flexibility index (Phi) is 6.14. The quantitative estimate of drug-likeness (QED) is 0.523. The van der Waals surface area contributed by atoms with Crippen LogP contribution in [-0.4, -0.2) is 28.8 Å². The summed E-state index contributed by atoms with van der Waals surface area (Å²) in [5.74, 6) is -1.16. The van der Waals surface area contributed by atoms with Gasteiger partial charge < -0.3 is 9.05 Å². The molecule has 132 valence electrons. The van der Waals surface area contributed by atoms with Crippen LogP contribution in [0, 0.1) is 0 Å². The van der Waals surface area contributed by atoms with Crippen LogP contribution in [0.1, 0.15) is 25.7 Å². The van der Waals surface area contributed by atoms with E-state index in [0.29, 0.717) is 0 Å². The van der Waals surface area contributed by atoms with E-state index in [0.717, 1.165) is 0 Å². The molecule has 0 radical (unpaired) electrons. The molecule has 2 atom stereocenters. The maximum absolute atomic E-state index is 12.8. The van der Waals surface area contributed by atoms with Crippen LogP contribution in [0.3, 0.4) is 0 Å². The highest BCUT2D eigenvalue weighted by atomic mass is 35.5. The lowest BCUT2D eigenvalue weighted by atomic mass is 10.3. The summed E-state index contributed by atoms with van der Waals surface area (Å²) in [6, 6.07) is 0. The minimum absolute atomic E-state index is 0.0677. The normalized spacial score (nSPS) is 34.3. The number of nitrogens with one attached hydrogen (secondary N) is 2. The molecule has 0 aromatic rings. The van der Waals surface area contributed by atoms with E-state index in [1.807, 2.05) is 11.0 Å². The fourth-order valence-electron chi connectivity index (χ4n) is 1.63. The van der Waals surface area contributed by atoms with Gasteiger partial charge in [0.25, 0.3) is 0 Å². The van der Waals surface area contributed by atoms with Crippen molar-refractivity contribution in [2.75, 3.05) is 13.2 Å². The molecule has 2 aliphatic rings. The number of rotatable bonds is 2. The van der Waals surface area contributed by atoms with Crippen molar-refractivity contribution in [2.24, 2.45) is 0 Å². The number of hydrogen-bond donors (Lipinski definition) is 2. The first-order valence-electron chi connectivity index (χ1n) is 6.52. The van der Waals surface area contributed by atoms with Crippen LogP contribution >= 0.6 is 38.4 Å². The predicted molar refractivity (Wildman–Crippen MR) is 78.5 cm³/mol. The first-order chi connectivity index (χ1) is 10.7. The molecular weight excluding hydrogens is 397 g/mol. The Labute approximate surface area is 141 Å². The molecule has 23 heavy (non-hydrogen) atoms. The third-order valence-electron chi connectivity index (χ3n) is 2.84. The molecule has 0 aromatic carbocycles. The van der Waals surface area contributed by atoms with Gasteiger partial charge in [0.2, 0.25) is 11.8 Å². The summed E-state index contributed by atoms with van der Waals surface area (Å²) in [7, 11) is -9.15. The third kappa shape index (κ3) is 4.08. The molecule has 2 saturated heterocycles. The molecule has 0 aromatic heterocycles. The van der Waals surface area contributed by atoms with Crippen LogP contribution in [0.5, 0.6) is 0 Å². The lowest BCUT2D eigenvalue weighted by Gasteiger charge is -2.34. The Balaban J connectivity index is 2.28. The van der Waals surface area contributed by atoms with Gasteiger partial charge in [-0.2, -0.15) is 9.25 Å². The monoisotopic (exact) mass is 410 g/mol. The van der Waals surface area contributed by atoms with Gasteiger partial charge in [-0.1, -0.05) is 23.2 Å². The van der Waals surface area contributed by atoms with Gasteiger partial charge in [-0.3, -0.25) is 18.7 Å². The maximum Gasteiger partial charge on any atom is 0.400 e. The molecule has 2 fully saturated rings. The number of hydroxylamine groups is 2. The number of alkyl halides is 2. The second-order valence-electron chi connectivity index (χ2n) is 4.61. The summed E-state index contributed by atoms with van der Waals surface area (Å²) in [4.78, 5) is 22.7. The van der Waals surface area contributed by atoms with Crippen LogP contribution < -0.4 is 11.0 Å². The van der Waals surface area contributed by atoms with Crippen molar-refractivity contribution >= 4 is 50.2 Å². The number of halogens is 2. The molecule has 2 unspecified atom stereocenters. The van der Waals surface area contributed by atoms with E-state index in [-0.39, 0.29) is 38.9 Å². The summed E-state index contributed by atoms with van der Waals surface area (Å²) in [6.45, 7) is -0.365. The first kappa shape index (κ1) is 19.1. The number of carbonyl (C=O) groups is 2. The van der Waals surface area contributed by atoms with E-state index in [4.69, 9.17) is 32.2 Å². The van der Waals surface area contributed by atoms with Gasteiger partial charge >= 0.3 is 19.0 Å². The highest BCUT2D eigenvalue weighted by Crippen LogP contribution is 2.81. The van der Waals surface area contributed by atoms with E-state index in [1.54, 1.807) is 0 Å². The van der Waals surface area contributed by atoms with Crippen molar-refractivity contribution in [1.29, 1.82) is 0 Å².